The van der Waals surface area contributed by atoms with Crippen molar-refractivity contribution in [2.45, 2.75) is 50.2 Å². The lowest BCUT2D eigenvalue weighted by Crippen LogP contribution is -2.55. The van der Waals surface area contributed by atoms with Crippen molar-refractivity contribution >= 4 is 5.91 Å². The van der Waals surface area contributed by atoms with Gasteiger partial charge in [-0.1, -0.05) is 25.0 Å². The second-order valence-corrected chi connectivity index (χ2v) is 4.98. The van der Waals surface area contributed by atoms with Gasteiger partial charge in [-0.15, -0.1) is 13.2 Å². The summed E-state index contributed by atoms with van der Waals surface area (Å²) >= 11 is 0. The first-order valence-corrected chi connectivity index (χ1v) is 6.48. The molecule has 0 aliphatic carbocycles. The Morgan fingerprint density at radius 1 is 1.16 bits per heavy atom. The van der Waals surface area contributed by atoms with Crippen LogP contribution >= 0.6 is 0 Å². The fourth-order valence-corrected chi connectivity index (χ4v) is 2.79. The van der Waals surface area contributed by atoms with Crippen LogP contribution in [-0.4, -0.2) is 29.1 Å². The van der Waals surface area contributed by atoms with E-state index in [2.05, 4.69) is 13.2 Å². The number of carbonyl (C=O) groups is 1. The van der Waals surface area contributed by atoms with E-state index in [1.807, 2.05) is 0 Å². The molecule has 0 radical (unpaired) electrons. The smallest absolute Gasteiger partial charge is 0.329 e. The zero-order valence-corrected chi connectivity index (χ0v) is 11.0. The molecule has 0 aromatic heterocycles. The third kappa shape index (κ3) is 3.61. The molecule has 0 spiro atoms. The molecule has 1 amide bonds. The van der Waals surface area contributed by atoms with E-state index in [9.17, 15) is 18.0 Å². The fourth-order valence-electron chi connectivity index (χ4n) is 2.79. The Kier molecular flexibility index (Phi) is 5.20. The highest BCUT2D eigenvalue weighted by atomic mass is 19.4. The Hall–Kier alpha value is -1.26. The monoisotopic (exact) mass is 275 g/mol. The van der Waals surface area contributed by atoms with E-state index in [1.54, 1.807) is 12.2 Å². The number of halogens is 3. The number of alkyl halides is 3. The molecule has 1 saturated heterocycles. The Balaban J connectivity index is 3.13. The van der Waals surface area contributed by atoms with Crippen LogP contribution in [0.2, 0.25) is 0 Å². The average Bonchev–Trinajstić information content (AvgIpc) is 2.51. The molecule has 0 saturated carbocycles. The molecule has 0 unspecified atom stereocenters. The summed E-state index contributed by atoms with van der Waals surface area (Å²) in [4.78, 5) is 12.7. The zero-order chi connectivity index (χ0) is 14.5. The summed E-state index contributed by atoms with van der Waals surface area (Å²) in [7, 11) is 0. The summed E-state index contributed by atoms with van der Waals surface area (Å²) < 4.78 is 38.2. The lowest BCUT2D eigenvalue weighted by atomic mass is 9.84. The number of likely N-dealkylation sites (tertiary alicyclic amines) is 1. The first-order chi connectivity index (χ1) is 8.87. The molecule has 0 bridgehead atoms. The van der Waals surface area contributed by atoms with E-state index in [0.717, 1.165) is 17.7 Å². The minimum Gasteiger partial charge on any atom is -0.329 e. The first-order valence-electron chi connectivity index (χ1n) is 6.48. The van der Waals surface area contributed by atoms with Gasteiger partial charge in [0.1, 0.15) is 0 Å². The van der Waals surface area contributed by atoms with E-state index in [4.69, 9.17) is 0 Å². The maximum absolute atomic E-state index is 12.7. The predicted molar refractivity (Wildman–Crippen MR) is 68.6 cm³/mol. The van der Waals surface area contributed by atoms with Gasteiger partial charge in [-0.3, -0.25) is 4.79 Å². The molecule has 5 heteroatoms. The lowest BCUT2D eigenvalue weighted by molar-refractivity contribution is -0.191. The van der Waals surface area contributed by atoms with E-state index in [-0.39, 0.29) is 6.54 Å². The van der Waals surface area contributed by atoms with Crippen molar-refractivity contribution in [2.24, 2.45) is 0 Å². The highest BCUT2D eigenvalue weighted by Crippen LogP contribution is 2.37. The fraction of sp³-hybridized carbons (Fsp3) is 0.643. The van der Waals surface area contributed by atoms with Crippen LogP contribution in [0, 0.1) is 0 Å². The molecular formula is C14H20F3NO. The molecule has 0 atom stereocenters. The minimum atomic E-state index is -4.82. The van der Waals surface area contributed by atoms with Crippen LogP contribution in [0.3, 0.4) is 0 Å². The number of carbonyl (C=O) groups excluding carboxylic acids is 1. The molecule has 0 N–H and O–H groups in total. The van der Waals surface area contributed by atoms with E-state index in [0.29, 0.717) is 25.7 Å². The number of hydrogen-bond acceptors (Lipinski definition) is 1. The molecule has 1 fully saturated rings. The number of hydrogen-bond donors (Lipinski definition) is 0. The zero-order valence-electron chi connectivity index (χ0n) is 11.0. The predicted octanol–water partition coefficient (Wildman–Crippen LogP) is 3.84. The normalized spacial score (nSPS) is 19.6. The molecule has 19 heavy (non-hydrogen) atoms. The lowest BCUT2D eigenvalue weighted by Gasteiger charge is -2.42. The van der Waals surface area contributed by atoms with Crippen LogP contribution in [-0.2, 0) is 4.79 Å². The average molecular weight is 275 g/mol. The van der Waals surface area contributed by atoms with Crippen molar-refractivity contribution in [1.29, 1.82) is 0 Å². The van der Waals surface area contributed by atoms with Crippen LogP contribution in [0.1, 0.15) is 38.5 Å². The first kappa shape index (κ1) is 15.8. The van der Waals surface area contributed by atoms with E-state index < -0.39 is 17.6 Å². The Morgan fingerprint density at radius 2 is 1.74 bits per heavy atom. The van der Waals surface area contributed by atoms with Gasteiger partial charge in [-0.25, -0.2) is 0 Å². The van der Waals surface area contributed by atoms with Crippen LogP contribution in [0.4, 0.5) is 13.2 Å². The quantitative estimate of drug-likeness (QED) is 0.714. The van der Waals surface area contributed by atoms with Crippen LogP contribution < -0.4 is 0 Å². The molecule has 0 aromatic rings. The number of nitrogens with zero attached hydrogens (tertiary/aromatic N) is 1. The van der Waals surface area contributed by atoms with E-state index >= 15 is 0 Å². The largest absolute Gasteiger partial charge is 0.471 e. The van der Waals surface area contributed by atoms with Crippen LogP contribution in [0.15, 0.2) is 25.3 Å². The third-order valence-electron chi connectivity index (χ3n) is 3.63. The molecule has 1 aliphatic rings. The molecule has 0 aromatic carbocycles. The maximum atomic E-state index is 12.7. The molecule has 2 nitrogen and oxygen atoms in total. The Morgan fingerprint density at radius 3 is 2.21 bits per heavy atom. The summed E-state index contributed by atoms with van der Waals surface area (Å²) in [5.74, 6) is -1.74. The second-order valence-electron chi connectivity index (χ2n) is 4.98. The van der Waals surface area contributed by atoms with Gasteiger partial charge in [-0.2, -0.15) is 13.2 Å². The van der Waals surface area contributed by atoms with Gasteiger partial charge in [0, 0.05) is 6.54 Å². The number of rotatable bonds is 4. The van der Waals surface area contributed by atoms with Crippen molar-refractivity contribution < 1.29 is 18.0 Å². The van der Waals surface area contributed by atoms with Crippen molar-refractivity contribution in [3.05, 3.63) is 25.3 Å². The van der Waals surface area contributed by atoms with Gasteiger partial charge >= 0.3 is 12.1 Å². The van der Waals surface area contributed by atoms with Gasteiger partial charge < -0.3 is 4.90 Å². The van der Waals surface area contributed by atoms with Crippen LogP contribution in [0.25, 0.3) is 0 Å². The van der Waals surface area contributed by atoms with Gasteiger partial charge in [0.2, 0.25) is 0 Å². The topological polar surface area (TPSA) is 20.3 Å². The molecule has 1 rings (SSSR count). The van der Waals surface area contributed by atoms with Gasteiger partial charge in [0.15, 0.2) is 0 Å². The molecular weight excluding hydrogens is 255 g/mol. The molecule has 108 valence electrons. The van der Waals surface area contributed by atoms with Gasteiger partial charge in [0.25, 0.3) is 0 Å². The van der Waals surface area contributed by atoms with Gasteiger partial charge in [-0.05, 0) is 25.7 Å². The summed E-state index contributed by atoms with van der Waals surface area (Å²) in [6.07, 6.45) is 1.92. The Bertz CT molecular complexity index is 339. The Labute approximate surface area is 112 Å². The maximum Gasteiger partial charge on any atom is 0.471 e. The standard InChI is InChI=1S/C14H20F3NO/c1-3-8-13(9-4-2)10-6-5-7-11-18(13)12(19)14(15,16)17/h3-4H,1-2,5-11H2. The van der Waals surface area contributed by atoms with Crippen molar-refractivity contribution in [1.82, 2.24) is 4.90 Å². The van der Waals surface area contributed by atoms with Crippen molar-refractivity contribution in [3.8, 4) is 0 Å². The summed E-state index contributed by atoms with van der Waals surface area (Å²) in [6, 6.07) is 0. The summed E-state index contributed by atoms with van der Waals surface area (Å²) in [6.45, 7) is 7.38. The van der Waals surface area contributed by atoms with Gasteiger partial charge in [0.05, 0.1) is 5.54 Å². The minimum absolute atomic E-state index is 0.153. The van der Waals surface area contributed by atoms with Crippen LogP contribution in [0.5, 0.6) is 0 Å². The molecule has 1 heterocycles. The molecule has 1 aliphatic heterocycles. The van der Waals surface area contributed by atoms with Crippen molar-refractivity contribution in [2.75, 3.05) is 6.54 Å². The SMILES string of the molecule is C=CCC1(CC=C)CCCCCN1C(=O)C(F)(F)F. The highest BCUT2D eigenvalue weighted by Gasteiger charge is 2.49. The third-order valence-corrected chi connectivity index (χ3v) is 3.63. The highest BCUT2D eigenvalue weighted by molar-refractivity contribution is 5.82. The second kappa shape index (κ2) is 6.26. The van der Waals surface area contributed by atoms with E-state index in [1.165, 1.54) is 0 Å². The summed E-state index contributed by atoms with van der Waals surface area (Å²) in [5, 5.41) is 0. The number of amides is 1. The van der Waals surface area contributed by atoms with Crippen molar-refractivity contribution in [3.63, 3.8) is 0 Å². The summed E-state index contributed by atoms with van der Waals surface area (Å²) in [5.41, 5.74) is -0.813.